The zero-order valence-corrected chi connectivity index (χ0v) is 15.1. The number of amides is 1. The Morgan fingerprint density at radius 3 is 2.92 bits per heavy atom. The molecule has 7 heteroatoms. The number of benzene rings is 1. The first kappa shape index (κ1) is 16.1. The van der Waals surface area contributed by atoms with Gasteiger partial charge in [0.25, 0.3) is 0 Å². The molecule has 126 valence electrons. The quantitative estimate of drug-likeness (QED) is 0.689. The van der Waals surface area contributed by atoms with Gasteiger partial charge in [-0.3, -0.25) is 4.79 Å². The van der Waals surface area contributed by atoms with Crippen LogP contribution in [0.2, 0.25) is 5.15 Å². The maximum atomic E-state index is 11.8. The number of hydrogen-bond donors (Lipinski definition) is 1. The van der Waals surface area contributed by atoms with Crippen LogP contribution in [0.3, 0.4) is 0 Å². The van der Waals surface area contributed by atoms with E-state index < -0.39 is 0 Å². The highest BCUT2D eigenvalue weighted by atomic mass is 35.5. The summed E-state index contributed by atoms with van der Waals surface area (Å²) in [7, 11) is 1.82. The highest BCUT2D eigenvalue weighted by Gasteiger charge is 2.21. The van der Waals surface area contributed by atoms with Crippen LogP contribution in [0.5, 0.6) is 0 Å². The number of thiazole rings is 1. The highest BCUT2D eigenvalue weighted by Crippen LogP contribution is 2.33. The van der Waals surface area contributed by atoms with Crippen LogP contribution in [-0.4, -0.2) is 22.9 Å². The van der Waals surface area contributed by atoms with E-state index in [9.17, 15) is 4.79 Å². The minimum absolute atomic E-state index is 0.164. The number of anilines is 3. The van der Waals surface area contributed by atoms with Gasteiger partial charge >= 0.3 is 0 Å². The second-order valence-electron chi connectivity index (χ2n) is 5.83. The minimum atomic E-state index is 0.164. The Kier molecular flexibility index (Phi) is 4.15. The fourth-order valence-electron chi connectivity index (χ4n) is 2.85. The Morgan fingerprint density at radius 2 is 2.12 bits per heavy atom. The number of aryl methyl sites for hydroxylation is 1. The average molecular weight is 371 g/mol. The van der Waals surface area contributed by atoms with E-state index in [2.05, 4.69) is 21.4 Å². The summed E-state index contributed by atoms with van der Waals surface area (Å²) < 4.78 is 0. The molecule has 3 aromatic rings. The van der Waals surface area contributed by atoms with Crippen LogP contribution >= 0.6 is 22.9 Å². The molecule has 1 aliphatic heterocycles. The normalized spacial score (nSPS) is 13.7. The van der Waals surface area contributed by atoms with Crippen molar-refractivity contribution in [1.29, 1.82) is 0 Å². The smallest absolute Gasteiger partial charge is 0.227 e. The van der Waals surface area contributed by atoms with E-state index in [1.807, 2.05) is 30.6 Å². The standard InChI is InChI=1S/C18H15ClN4OS/c1-23-15-5-2-11(8-12(15)3-7-17(23)24)14-10-25-18(22-14)21-13-4-6-16(19)20-9-13/h2,4-6,8-10H,3,7H2,1H3,(H,21,22). The van der Waals surface area contributed by atoms with Crippen LogP contribution in [0, 0.1) is 0 Å². The number of nitrogens with zero attached hydrogens (tertiary/aromatic N) is 3. The third-order valence-corrected chi connectivity index (χ3v) is 5.18. The Hall–Kier alpha value is -2.44. The molecule has 5 nitrogen and oxygen atoms in total. The number of halogens is 1. The maximum Gasteiger partial charge on any atom is 0.227 e. The van der Waals surface area contributed by atoms with Gasteiger partial charge in [0.05, 0.1) is 17.6 Å². The van der Waals surface area contributed by atoms with Gasteiger partial charge in [-0.2, -0.15) is 0 Å². The van der Waals surface area contributed by atoms with Gasteiger partial charge in [-0.05, 0) is 36.2 Å². The zero-order valence-electron chi connectivity index (χ0n) is 13.5. The first-order valence-corrected chi connectivity index (χ1v) is 9.10. The fourth-order valence-corrected chi connectivity index (χ4v) is 3.70. The van der Waals surface area contributed by atoms with Crippen LogP contribution in [0.1, 0.15) is 12.0 Å². The lowest BCUT2D eigenvalue weighted by molar-refractivity contribution is -0.118. The second kappa shape index (κ2) is 6.46. The van der Waals surface area contributed by atoms with E-state index in [0.717, 1.165) is 34.2 Å². The Morgan fingerprint density at radius 1 is 1.24 bits per heavy atom. The van der Waals surface area contributed by atoms with Crippen LogP contribution in [-0.2, 0) is 11.2 Å². The number of pyridine rings is 1. The Labute approximate surface area is 154 Å². The summed E-state index contributed by atoms with van der Waals surface area (Å²) in [6.07, 6.45) is 3.01. The molecule has 1 amide bonds. The number of hydrogen-bond acceptors (Lipinski definition) is 5. The molecule has 3 heterocycles. The number of aromatic nitrogens is 2. The van der Waals surface area contributed by atoms with Crippen molar-refractivity contribution in [2.75, 3.05) is 17.3 Å². The first-order chi connectivity index (χ1) is 12.1. The lowest BCUT2D eigenvalue weighted by Gasteiger charge is -2.26. The van der Waals surface area contributed by atoms with E-state index in [-0.39, 0.29) is 5.91 Å². The predicted octanol–water partition coefficient (Wildman–Crippen LogP) is 4.51. The van der Waals surface area contributed by atoms with E-state index in [4.69, 9.17) is 11.6 Å². The van der Waals surface area contributed by atoms with E-state index in [1.54, 1.807) is 17.2 Å². The van der Waals surface area contributed by atoms with Crippen LogP contribution in [0.4, 0.5) is 16.5 Å². The largest absolute Gasteiger partial charge is 0.330 e. The Balaban J connectivity index is 1.58. The molecular weight excluding hydrogens is 356 g/mol. The molecule has 0 saturated carbocycles. The molecule has 0 unspecified atom stereocenters. The monoisotopic (exact) mass is 370 g/mol. The number of carbonyl (C=O) groups excluding carboxylic acids is 1. The van der Waals surface area contributed by atoms with Gasteiger partial charge in [-0.25, -0.2) is 9.97 Å². The van der Waals surface area contributed by atoms with Crippen molar-refractivity contribution in [3.63, 3.8) is 0 Å². The van der Waals surface area contributed by atoms with Crippen molar-refractivity contribution in [1.82, 2.24) is 9.97 Å². The molecule has 0 fully saturated rings. The average Bonchev–Trinajstić information content (AvgIpc) is 3.08. The number of fused-ring (bicyclic) bond motifs is 1. The van der Waals surface area contributed by atoms with Gasteiger partial charge in [-0.1, -0.05) is 17.7 Å². The highest BCUT2D eigenvalue weighted by molar-refractivity contribution is 7.14. The molecule has 0 aliphatic carbocycles. The van der Waals surface area contributed by atoms with Crippen molar-refractivity contribution in [3.8, 4) is 11.3 Å². The SMILES string of the molecule is CN1C(=O)CCc2cc(-c3csc(Nc4ccc(Cl)nc4)n3)ccc21. The van der Waals surface area contributed by atoms with Crippen molar-refractivity contribution >= 4 is 45.4 Å². The molecule has 1 N–H and O–H groups in total. The van der Waals surface area contributed by atoms with Crippen LogP contribution < -0.4 is 10.2 Å². The molecule has 1 aliphatic rings. The lowest BCUT2D eigenvalue weighted by atomic mass is 9.98. The van der Waals surface area contributed by atoms with Crippen molar-refractivity contribution in [2.24, 2.45) is 0 Å². The number of nitrogens with one attached hydrogen (secondary N) is 1. The maximum absolute atomic E-state index is 11.8. The van der Waals surface area contributed by atoms with Gasteiger partial charge in [0.2, 0.25) is 5.91 Å². The summed E-state index contributed by atoms with van der Waals surface area (Å²) in [4.78, 5) is 22.2. The Bertz CT molecular complexity index is 939. The zero-order chi connectivity index (χ0) is 17.4. The van der Waals surface area contributed by atoms with E-state index >= 15 is 0 Å². The molecule has 4 rings (SSSR count). The minimum Gasteiger partial charge on any atom is -0.330 e. The van der Waals surface area contributed by atoms with Crippen molar-refractivity contribution < 1.29 is 4.79 Å². The van der Waals surface area contributed by atoms with Crippen LogP contribution in [0.25, 0.3) is 11.3 Å². The second-order valence-corrected chi connectivity index (χ2v) is 7.07. The summed E-state index contributed by atoms with van der Waals surface area (Å²) in [6.45, 7) is 0. The first-order valence-electron chi connectivity index (χ1n) is 7.84. The molecule has 25 heavy (non-hydrogen) atoms. The summed E-state index contributed by atoms with van der Waals surface area (Å²) in [5.74, 6) is 0.164. The molecule has 2 aromatic heterocycles. The van der Waals surface area contributed by atoms with Crippen LogP contribution in [0.15, 0.2) is 41.9 Å². The fraction of sp³-hybridized carbons (Fsp3) is 0.167. The number of rotatable bonds is 3. The van der Waals surface area contributed by atoms with Crippen molar-refractivity contribution in [3.05, 3.63) is 52.6 Å². The predicted molar refractivity (Wildman–Crippen MR) is 102 cm³/mol. The summed E-state index contributed by atoms with van der Waals surface area (Å²) in [5, 5.41) is 6.51. The summed E-state index contributed by atoms with van der Waals surface area (Å²) >= 11 is 7.33. The van der Waals surface area contributed by atoms with Gasteiger partial charge in [-0.15, -0.1) is 11.3 Å². The topological polar surface area (TPSA) is 58.1 Å². The van der Waals surface area contributed by atoms with Gasteiger partial charge in [0.1, 0.15) is 5.15 Å². The number of carbonyl (C=O) groups is 1. The molecule has 0 atom stereocenters. The van der Waals surface area contributed by atoms with E-state index in [0.29, 0.717) is 11.6 Å². The van der Waals surface area contributed by atoms with Gasteiger partial charge in [0, 0.05) is 30.1 Å². The molecule has 0 radical (unpaired) electrons. The van der Waals surface area contributed by atoms with E-state index in [1.165, 1.54) is 16.9 Å². The van der Waals surface area contributed by atoms with Crippen molar-refractivity contribution in [2.45, 2.75) is 12.8 Å². The summed E-state index contributed by atoms with van der Waals surface area (Å²) in [5.41, 5.74) is 4.98. The molecule has 1 aromatic carbocycles. The van der Waals surface area contributed by atoms with Gasteiger partial charge < -0.3 is 10.2 Å². The molecule has 0 bridgehead atoms. The molecule has 0 saturated heterocycles. The lowest BCUT2D eigenvalue weighted by Crippen LogP contribution is -2.30. The van der Waals surface area contributed by atoms with Gasteiger partial charge in [0.15, 0.2) is 5.13 Å². The molecular formula is C18H15ClN4OS. The third kappa shape index (κ3) is 3.23. The molecule has 0 spiro atoms. The third-order valence-electron chi connectivity index (χ3n) is 4.20. The summed E-state index contributed by atoms with van der Waals surface area (Å²) in [6, 6.07) is 9.73.